The molecule has 2 N–H and O–H groups in total. The fraction of sp³-hybridized carbons (Fsp3) is 1.00. The Morgan fingerprint density at radius 2 is 2.36 bits per heavy atom. The average molecular weight is 200 g/mol. The molecule has 2 unspecified atom stereocenters. The van der Waals surface area contributed by atoms with Crippen LogP contribution in [0, 0.1) is 0 Å². The van der Waals surface area contributed by atoms with Gasteiger partial charge in [-0.3, -0.25) is 0 Å². The van der Waals surface area contributed by atoms with Crippen molar-refractivity contribution < 1.29 is 5.11 Å². The molecule has 0 amide bonds. The van der Waals surface area contributed by atoms with Crippen molar-refractivity contribution in [3.05, 3.63) is 0 Å². The van der Waals surface area contributed by atoms with Crippen molar-refractivity contribution in [2.24, 2.45) is 0 Å². The van der Waals surface area contributed by atoms with Crippen LogP contribution in [0.15, 0.2) is 0 Å². The minimum Gasteiger partial charge on any atom is -0.393 e. The molecule has 1 aliphatic rings. The first-order valence-electron chi connectivity index (χ1n) is 5.82. The summed E-state index contributed by atoms with van der Waals surface area (Å²) in [5.41, 5.74) is 0. The Kier molecular flexibility index (Phi) is 5.45. The third kappa shape index (κ3) is 4.40. The highest BCUT2D eigenvalue weighted by atomic mass is 16.3. The van der Waals surface area contributed by atoms with Gasteiger partial charge in [0.1, 0.15) is 0 Å². The standard InChI is InChI=1S/C11H24N2O/c1-3-11(14)6-7-12-10-5-4-8-13(2)9-10/h10-12,14H,3-9H2,1-2H3. The Balaban J connectivity index is 2.05. The molecule has 1 fully saturated rings. The third-order valence-electron chi connectivity index (χ3n) is 3.01. The van der Waals surface area contributed by atoms with Gasteiger partial charge >= 0.3 is 0 Å². The van der Waals surface area contributed by atoms with Crippen molar-refractivity contribution in [2.75, 3.05) is 26.7 Å². The molecule has 14 heavy (non-hydrogen) atoms. The zero-order valence-electron chi connectivity index (χ0n) is 9.50. The van der Waals surface area contributed by atoms with Gasteiger partial charge < -0.3 is 15.3 Å². The minimum absolute atomic E-state index is 0.121. The summed E-state index contributed by atoms with van der Waals surface area (Å²) >= 11 is 0. The topological polar surface area (TPSA) is 35.5 Å². The first kappa shape index (κ1) is 12.0. The zero-order valence-corrected chi connectivity index (χ0v) is 9.50. The monoisotopic (exact) mass is 200 g/mol. The van der Waals surface area contributed by atoms with E-state index in [1.807, 2.05) is 6.92 Å². The highest BCUT2D eigenvalue weighted by molar-refractivity contribution is 4.76. The van der Waals surface area contributed by atoms with Gasteiger partial charge in [0, 0.05) is 12.6 Å². The van der Waals surface area contributed by atoms with Crippen LogP contribution in [-0.2, 0) is 0 Å². The number of likely N-dealkylation sites (N-methyl/N-ethyl adjacent to an activating group) is 1. The molecule has 0 radical (unpaired) electrons. The number of nitrogens with one attached hydrogen (secondary N) is 1. The van der Waals surface area contributed by atoms with Gasteiger partial charge in [-0.1, -0.05) is 6.92 Å². The van der Waals surface area contributed by atoms with Crippen LogP contribution in [0.5, 0.6) is 0 Å². The fourth-order valence-electron chi connectivity index (χ4n) is 1.99. The lowest BCUT2D eigenvalue weighted by molar-refractivity contribution is 0.154. The number of aliphatic hydroxyl groups is 1. The third-order valence-corrected chi connectivity index (χ3v) is 3.01. The Morgan fingerprint density at radius 1 is 1.57 bits per heavy atom. The normalized spacial score (nSPS) is 26.4. The summed E-state index contributed by atoms with van der Waals surface area (Å²) in [6.45, 7) is 5.37. The molecule has 0 aromatic heterocycles. The predicted octanol–water partition coefficient (Wildman–Crippen LogP) is 0.831. The summed E-state index contributed by atoms with van der Waals surface area (Å²) in [5, 5.41) is 12.9. The van der Waals surface area contributed by atoms with Crippen LogP contribution >= 0.6 is 0 Å². The van der Waals surface area contributed by atoms with Crippen molar-refractivity contribution in [3.8, 4) is 0 Å². The molecule has 3 heteroatoms. The molecular formula is C11H24N2O. The molecule has 2 atom stereocenters. The van der Waals surface area contributed by atoms with E-state index in [0.717, 1.165) is 25.9 Å². The molecule has 1 heterocycles. The number of hydrogen-bond acceptors (Lipinski definition) is 3. The molecule has 0 spiro atoms. The van der Waals surface area contributed by atoms with E-state index in [0.29, 0.717) is 6.04 Å². The molecule has 0 aromatic carbocycles. The number of aliphatic hydroxyl groups excluding tert-OH is 1. The summed E-state index contributed by atoms with van der Waals surface area (Å²) in [7, 11) is 2.18. The van der Waals surface area contributed by atoms with Crippen LogP contribution in [0.25, 0.3) is 0 Å². The van der Waals surface area contributed by atoms with Crippen LogP contribution in [0.3, 0.4) is 0 Å². The maximum Gasteiger partial charge on any atom is 0.0549 e. The van der Waals surface area contributed by atoms with Crippen LogP contribution in [0.2, 0.25) is 0 Å². The maximum atomic E-state index is 9.39. The largest absolute Gasteiger partial charge is 0.393 e. The predicted molar refractivity (Wildman–Crippen MR) is 59.4 cm³/mol. The van der Waals surface area contributed by atoms with E-state index >= 15 is 0 Å². The molecule has 0 aliphatic carbocycles. The molecule has 84 valence electrons. The SMILES string of the molecule is CCC(O)CCNC1CCCN(C)C1. The van der Waals surface area contributed by atoms with Gasteiger partial charge in [0.25, 0.3) is 0 Å². The van der Waals surface area contributed by atoms with E-state index in [9.17, 15) is 5.11 Å². The second-order valence-corrected chi connectivity index (χ2v) is 4.41. The molecule has 0 aromatic rings. The molecule has 3 nitrogen and oxygen atoms in total. The quantitative estimate of drug-likeness (QED) is 0.690. The van der Waals surface area contributed by atoms with Crippen molar-refractivity contribution in [3.63, 3.8) is 0 Å². The fourth-order valence-corrected chi connectivity index (χ4v) is 1.99. The summed E-state index contributed by atoms with van der Waals surface area (Å²) in [6, 6.07) is 0.637. The number of nitrogens with zero attached hydrogens (tertiary/aromatic N) is 1. The smallest absolute Gasteiger partial charge is 0.0549 e. The average Bonchev–Trinajstić information content (AvgIpc) is 2.17. The minimum atomic E-state index is -0.121. The van der Waals surface area contributed by atoms with E-state index in [1.54, 1.807) is 0 Å². The summed E-state index contributed by atoms with van der Waals surface area (Å²) in [5.74, 6) is 0. The van der Waals surface area contributed by atoms with Crippen molar-refractivity contribution in [1.82, 2.24) is 10.2 Å². The molecular weight excluding hydrogens is 176 g/mol. The van der Waals surface area contributed by atoms with Crippen LogP contribution in [0.1, 0.15) is 32.6 Å². The molecule has 0 saturated carbocycles. The van der Waals surface area contributed by atoms with Gasteiger partial charge in [-0.2, -0.15) is 0 Å². The van der Waals surface area contributed by atoms with Crippen molar-refractivity contribution >= 4 is 0 Å². The number of rotatable bonds is 5. The Hall–Kier alpha value is -0.120. The summed E-state index contributed by atoms with van der Waals surface area (Å²) in [6.07, 6.45) is 4.21. The molecule has 1 saturated heterocycles. The lowest BCUT2D eigenvalue weighted by Crippen LogP contribution is -2.44. The van der Waals surface area contributed by atoms with Gasteiger partial charge in [0.2, 0.25) is 0 Å². The Bertz CT molecular complexity index is 152. The second kappa shape index (κ2) is 6.38. The Labute approximate surface area is 87.5 Å². The molecule has 1 aliphatic heterocycles. The van der Waals surface area contributed by atoms with Gasteiger partial charge in [-0.15, -0.1) is 0 Å². The van der Waals surface area contributed by atoms with E-state index < -0.39 is 0 Å². The van der Waals surface area contributed by atoms with Crippen LogP contribution < -0.4 is 5.32 Å². The van der Waals surface area contributed by atoms with E-state index in [-0.39, 0.29) is 6.10 Å². The Morgan fingerprint density at radius 3 is 3.00 bits per heavy atom. The van der Waals surface area contributed by atoms with Gasteiger partial charge in [-0.05, 0) is 45.8 Å². The lowest BCUT2D eigenvalue weighted by atomic mass is 10.1. The van der Waals surface area contributed by atoms with Crippen LogP contribution in [0.4, 0.5) is 0 Å². The zero-order chi connectivity index (χ0) is 10.4. The second-order valence-electron chi connectivity index (χ2n) is 4.41. The van der Waals surface area contributed by atoms with Crippen molar-refractivity contribution in [2.45, 2.75) is 44.8 Å². The number of likely N-dealkylation sites (tertiary alicyclic amines) is 1. The van der Waals surface area contributed by atoms with Crippen molar-refractivity contribution in [1.29, 1.82) is 0 Å². The summed E-state index contributed by atoms with van der Waals surface area (Å²) < 4.78 is 0. The maximum absolute atomic E-state index is 9.39. The first-order valence-corrected chi connectivity index (χ1v) is 5.82. The molecule has 1 rings (SSSR count). The van der Waals surface area contributed by atoms with Gasteiger partial charge in [-0.25, -0.2) is 0 Å². The highest BCUT2D eigenvalue weighted by Crippen LogP contribution is 2.07. The lowest BCUT2D eigenvalue weighted by Gasteiger charge is -2.30. The first-order chi connectivity index (χ1) is 6.72. The summed E-state index contributed by atoms with van der Waals surface area (Å²) in [4.78, 5) is 2.37. The molecule has 0 bridgehead atoms. The van der Waals surface area contributed by atoms with E-state index in [2.05, 4.69) is 17.3 Å². The number of piperidine rings is 1. The number of hydrogen-bond donors (Lipinski definition) is 2. The van der Waals surface area contributed by atoms with Crippen LogP contribution in [-0.4, -0.2) is 48.8 Å². The van der Waals surface area contributed by atoms with Gasteiger partial charge in [0.15, 0.2) is 0 Å². The van der Waals surface area contributed by atoms with E-state index in [1.165, 1.54) is 19.4 Å². The highest BCUT2D eigenvalue weighted by Gasteiger charge is 2.16. The van der Waals surface area contributed by atoms with Gasteiger partial charge in [0.05, 0.1) is 6.10 Å². The van der Waals surface area contributed by atoms with E-state index in [4.69, 9.17) is 0 Å².